The number of nitrogens with one attached hydrogen (secondary N) is 1. The Bertz CT molecular complexity index is 1030. The van der Waals surface area contributed by atoms with Crippen molar-refractivity contribution in [3.63, 3.8) is 0 Å². The van der Waals surface area contributed by atoms with Gasteiger partial charge in [0.1, 0.15) is 11.5 Å². The maximum absolute atomic E-state index is 13.2. The lowest BCUT2D eigenvalue weighted by Crippen LogP contribution is -2.54. The smallest absolute Gasteiger partial charge is 0.233 e. The third kappa shape index (κ3) is 5.38. The molecule has 0 saturated carbocycles. The molecule has 1 fully saturated rings. The molecule has 6 heteroatoms. The summed E-state index contributed by atoms with van der Waals surface area (Å²) in [6.45, 7) is 11.8. The molecule has 0 aliphatic carbocycles. The molecule has 2 aromatic carbocycles. The summed E-state index contributed by atoms with van der Waals surface area (Å²) in [5.41, 5.74) is 3.53. The molecule has 1 amide bonds. The van der Waals surface area contributed by atoms with Crippen LogP contribution < -0.4 is 5.32 Å². The van der Waals surface area contributed by atoms with Crippen molar-refractivity contribution in [1.29, 1.82) is 0 Å². The number of thioether (sulfide) groups is 1. The molecule has 0 radical (unpaired) electrons. The first-order valence-electron chi connectivity index (χ1n) is 12.4. The van der Waals surface area contributed by atoms with Crippen LogP contribution in [0.2, 0.25) is 0 Å². The average molecular weight is 483 g/mol. The molecule has 34 heavy (non-hydrogen) atoms. The number of aromatic hydroxyl groups is 2. The summed E-state index contributed by atoms with van der Waals surface area (Å²) in [5.74, 6) is 2.28. The highest BCUT2D eigenvalue weighted by atomic mass is 32.2. The second kappa shape index (κ2) is 10.2. The lowest BCUT2D eigenvalue weighted by molar-refractivity contribution is -0.121. The summed E-state index contributed by atoms with van der Waals surface area (Å²) in [7, 11) is 0. The predicted molar refractivity (Wildman–Crippen MR) is 139 cm³/mol. The number of carbonyl (C=O) groups excluding carboxylic acids is 1. The van der Waals surface area contributed by atoms with Gasteiger partial charge in [0, 0.05) is 24.9 Å². The molecule has 1 saturated heterocycles. The first-order chi connectivity index (χ1) is 16.2. The van der Waals surface area contributed by atoms with Gasteiger partial charge in [-0.3, -0.25) is 4.79 Å². The van der Waals surface area contributed by atoms with E-state index in [1.54, 1.807) is 23.9 Å². The maximum atomic E-state index is 13.2. The Kier molecular flexibility index (Phi) is 7.48. The monoisotopic (exact) mass is 482 g/mol. The number of likely N-dealkylation sites (tertiary alicyclic amines) is 1. The van der Waals surface area contributed by atoms with Gasteiger partial charge >= 0.3 is 0 Å². The molecule has 0 spiro atoms. The quantitative estimate of drug-likeness (QED) is 0.557. The molecule has 3 N–H and O–H groups in total. The van der Waals surface area contributed by atoms with E-state index in [2.05, 4.69) is 44.0 Å². The van der Waals surface area contributed by atoms with Crippen LogP contribution in [0.1, 0.15) is 50.8 Å². The number of nitrogens with zero attached hydrogens (tertiary/aromatic N) is 1. The molecule has 184 valence electrons. The van der Waals surface area contributed by atoms with Crippen LogP contribution in [-0.2, 0) is 22.4 Å². The van der Waals surface area contributed by atoms with Crippen molar-refractivity contribution in [3.05, 3.63) is 59.2 Å². The highest BCUT2D eigenvalue weighted by molar-refractivity contribution is 7.99. The van der Waals surface area contributed by atoms with E-state index >= 15 is 0 Å². The van der Waals surface area contributed by atoms with Crippen LogP contribution in [0.4, 0.5) is 0 Å². The van der Waals surface area contributed by atoms with Crippen molar-refractivity contribution in [2.24, 2.45) is 11.8 Å². The second-order valence-corrected chi connectivity index (χ2v) is 11.9. The van der Waals surface area contributed by atoms with Crippen LogP contribution in [0.5, 0.6) is 11.5 Å². The Morgan fingerprint density at radius 3 is 2.65 bits per heavy atom. The van der Waals surface area contributed by atoms with Gasteiger partial charge < -0.3 is 20.4 Å². The van der Waals surface area contributed by atoms with Crippen LogP contribution in [-0.4, -0.2) is 51.9 Å². The Morgan fingerprint density at radius 2 is 1.94 bits per heavy atom. The molecule has 4 atom stereocenters. The van der Waals surface area contributed by atoms with E-state index in [9.17, 15) is 15.0 Å². The van der Waals surface area contributed by atoms with Crippen LogP contribution in [0.15, 0.2) is 42.5 Å². The molecular weight excluding hydrogens is 444 g/mol. The van der Waals surface area contributed by atoms with E-state index in [-0.39, 0.29) is 28.4 Å². The van der Waals surface area contributed by atoms with E-state index in [4.69, 9.17) is 0 Å². The van der Waals surface area contributed by atoms with Crippen LogP contribution in [0, 0.1) is 11.8 Å². The molecule has 0 unspecified atom stereocenters. The van der Waals surface area contributed by atoms with Gasteiger partial charge in [0.25, 0.3) is 0 Å². The predicted octanol–water partition coefficient (Wildman–Crippen LogP) is 4.70. The van der Waals surface area contributed by atoms with Crippen molar-refractivity contribution < 1.29 is 15.0 Å². The number of rotatable bonds is 6. The van der Waals surface area contributed by atoms with Crippen LogP contribution in [0.25, 0.3) is 0 Å². The van der Waals surface area contributed by atoms with Gasteiger partial charge in [-0.2, -0.15) is 0 Å². The zero-order valence-electron chi connectivity index (χ0n) is 20.8. The molecule has 2 aliphatic heterocycles. The molecular formula is C28H38N2O3S. The topological polar surface area (TPSA) is 72.8 Å². The fourth-order valence-electron chi connectivity index (χ4n) is 5.31. The fraction of sp³-hybridized carbons (Fsp3) is 0.536. The molecule has 0 aromatic heterocycles. The second-order valence-electron chi connectivity index (χ2n) is 10.7. The van der Waals surface area contributed by atoms with E-state index in [0.717, 1.165) is 42.9 Å². The number of carbonyl (C=O) groups is 1. The number of phenols is 2. The molecule has 2 aliphatic rings. The first-order valence-corrected chi connectivity index (χ1v) is 13.4. The van der Waals surface area contributed by atoms with Gasteiger partial charge in [-0.25, -0.2) is 0 Å². The lowest BCUT2D eigenvalue weighted by Gasteiger charge is -2.46. The van der Waals surface area contributed by atoms with E-state index in [1.165, 1.54) is 5.56 Å². The molecule has 5 nitrogen and oxygen atoms in total. The summed E-state index contributed by atoms with van der Waals surface area (Å²) in [4.78, 5) is 15.7. The van der Waals surface area contributed by atoms with Gasteiger partial charge in [0.15, 0.2) is 0 Å². The van der Waals surface area contributed by atoms with Crippen molar-refractivity contribution >= 4 is 17.7 Å². The van der Waals surface area contributed by atoms with Crippen molar-refractivity contribution in [2.75, 3.05) is 19.6 Å². The number of phenolic OH excluding ortho intramolecular Hbond substituents is 2. The number of hydrogen-bond donors (Lipinski definition) is 3. The van der Waals surface area contributed by atoms with E-state index in [0.29, 0.717) is 24.0 Å². The summed E-state index contributed by atoms with van der Waals surface area (Å²) in [5, 5.41) is 23.0. The van der Waals surface area contributed by atoms with Crippen molar-refractivity contribution in [2.45, 2.75) is 63.0 Å². The number of amides is 1. The zero-order chi connectivity index (χ0) is 24.5. The first kappa shape index (κ1) is 24.9. The number of hydrogen-bond acceptors (Lipinski definition) is 5. The summed E-state index contributed by atoms with van der Waals surface area (Å²) < 4.78 is 0. The Labute approximate surface area is 207 Å². The highest BCUT2D eigenvalue weighted by Crippen LogP contribution is 2.40. The number of piperidine rings is 1. The zero-order valence-corrected chi connectivity index (χ0v) is 21.6. The summed E-state index contributed by atoms with van der Waals surface area (Å²) in [6, 6.07) is 13.3. The Balaban J connectivity index is 1.36. The van der Waals surface area contributed by atoms with Gasteiger partial charge in [-0.1, -0.05) is 45.9 Å². The van der Waals surface area contributed by atoms with Crippen molar-refractivity contribution in [3.8, 4) is 11.5 Å². The summed E-state index contributed by atoms with van der Waals surface area (Å²) >= 11 is 1.66. The number of fused-ring (bicyclic) bond motifs is 1. The van der Waals surface area contributed by atoms with E-state index < -0.39 is 0 Å². The highest BCUT2D eigenvalue weighted by Gasteiger charge is 2.39. The third-order valence-corrected chi connectivity index (χ3v) is 9.25. The largest absolute Gasteiger partial charge is 0.508 e. The fourth-order valence-corrected chi connectivity index (χ4v) is 6.48. The Morgan fingerprint density at radius 1 is 1.18 bits per heavy atom. The van der Waals surface area contributed by atoms with Gasteiger partial charge in [-0.05, 0) is 77.6 Å². The lowest BCUT2D eigenvalue weighted by atomic mass is 9.68. The molecule has 0 bridgehead atoms. The number of benzene rings is 2. The van der Waals surface area contributed by atoms with Gasteiger partial charge in [0.2, 0.25) is 5.91 Å². The Hall–Kier alpha value is -2.18. The maximum Gasteiger partial charge on any atom is 0.233 e. The minimum atomic E-state index is -0.0902. The van der Waals surface area contributed by atoms with Crippen LogP contribution >= 0.6 is 11.8 Å². The van der Waals surface area contributed by atoms with Gasteiger partial charge in [-0.15, -0.1) is 11.8 Å². The summed E-state index contributed by atoms with van der Waals surface area (Å²) in [6.07, 6.45) is 1.73. The molecule has 4 rings (SSSR count). The van der Waals surface area contributed by atoms with Crippen molar-refractivity contribution in [1.82, 2.24) is 10.2 Å². The molecule has 2 aromatic rings. The standard InChI is InChI=1S/C28H38N2O3S/c1-18(2)25(29-27(33)26-13-20-8-9-24(32)12-21(20)17-34-26)16-30-11-10-28(4,19(3)15-30)22-6-5-7-23(31)14-22/h5-9,12,14,18-19,25-26,31-32H,10-11,13,15-17H2,1-4H3,(H,29,33)/t19-,25-,26-,28+/m1/s1. The normalized spacial score (nSPS) is 26.1. The SMILES string of the molecule is CC(C)[C@@H](CN1CC[C@](C)(c2cccc(O)c2)[C@H](C)C1)NC(=O)[C@H]1Cc2ccc(O)cc2CS1. The van der Waals surface area contributed by atoms with Gasteiger partial charge in [0.05, 0.1) is 5.25 Å². The third-order valence-electron chi connectivity index (χ3n) is 7.99. The average Bonchev–Trinajstić information content (AvgIpc) is 2.80. The van der Waals surface area contributed by atoms with Crippen LogP contribution in [0.3, 0.4) is 0 Å². The molecule has 2 heterocycles. The minimum Gasteiger partial charge on any atom is -0.508 e. The van der Waals surface area contributed by atoms with E-state index in [1.807, 2.05) is 24.3 Å². The minimum absolute atomic E-state index is 0.0341.